The number of alkyl halides is 6. The number of amides is 2. The number of halogens is 6. The van der Waals surface area contributed by atoms with Gasteiger partial charge in [0.15, 0.2) is 5.96 Å². The summed E-state index contributed by atoms with van der Waals surface area (Å²) in [5.41, 5.74) is 10.3. The highest BCUT2D eigenvalue weighted by molar-refractivity contribution is 5.87. The molecule has 0 radical (unpaired) electrons. The summed E-state index contributed by atoms with van der Waals surface area (Å²) >= 11 is 0. The average molecular weight is 730 g/mol. The van der Waals surface area contributed by atoms with E-state index in [9.17, 15) is 45.8 Å². The number of hydrogen-bond acceptors (Lipinski definition) is 8. The Morgan fingerprint density at radius 1 is 0.961 bits per heavy atom. The van der Waals surface area contributed by atoms with Crippen LogP contribution in [0.25, 0.3) is 0 Å². The number of aromatic nitrogens is 2. The molecule has 19 heteroatoms. The molecule has 2 aliphatic rings. The Labute approximate surface area is 289 Å². The number of nitrogens with two attached hydrogens (primary N) is 2. The molecule has 2 aromatic rings. The summed E-state index contributed by atoms with van der Waals surface area (Å²) < 4.78 is 80.1. The van der Waals surface area contributed by atoms with Crippen molar-refractivity contribution in [3.05, 3.63) is 47.3 Å². The van der Waals surface area contributed by atoms with Crippen molar-refractivity contribution in [3.8, 4) is 0 Å². The van der Waals surface area contributed by atoms with Crippen LogP contribution in [0.1, 0.15) is 61.9 Å². The van der Waals surface area contributed by atoms with Crippen LogP contribution in [0.15, 0.2) is 35.3 Å². The molecule has 0 bridgehead atoms. The minimum absolute atomic E-state index is 0.0495. The molecule has 3 heterocycles. The van der Waals surface area contributed by atoms with E-state index in [1.807, 2.05) is 0 Å². The number of carbonyl (C=O) groups excluding carboxylic acids is 2. The Kier molecular flexibility index (Phi) is 12.9. The predicted molar refractivity (Wildman–Crippen MR) is 175 cm³/mol. The number of piperidine rings is 1. The van der Waals surface area contributed by atoms with Crippen molar-refractivity contribution >= 4 is 35.4 Å². The van der Waals surface area contributed by atoms with Gasteiger partial charge >= 0.3 is 18.3 Å². The number of aliphatic carboxylic acids is 1. The largest absolute Gasteiger partial charge is 0.480 e. The fraction of sp³-hybridized carbons (Fsp3) is 0.562. The van der Waals surface area contributed by atoms with E-state index < -0.39 is 53.6 Å². The molecule has 280 valence electrons. The Bertz CT molecular complexity index is 1540. The lowest BCUT2D eigenvalue weighted by Crippen LogP contribution is -2.57. The first-order valence-corrected chi connectivity index (χ1v) is 16.5. The minimum atomic E-state index is -4.85. The first-order chi connectivity index (χ1) is 24.0. The van der Waals surface area contributed by atoms with Gasteiger partial charge in [-0.3, -0.25) is 14.6 Å². The van der Waals surface area contributed by atoms with Crippen molar-refractivity contribution < 1.29 is 45.8 Å². The van der Waals surface area contributed by atoms with Gasteiger partial charge in [-0.25, -0.2) is 14.8 Å². The topological polar surface area (TPSA) is 192 Å². The number of anilines is 2. The second-order valence-corrected chi connectivity index (χ2v) is 12.5. The summed E-state index contributed by atoms with van der Waals surface area (Å²) in [5, 5.41) is 14.7. The van der Waals surface area contributed by atoms with Crippen LogP contribution in [0.5, 0.6) is 0 Å². The first-order valence-electron chi connectivity index (χ1n) is 16.5. The number of carboxylic acid groups (broad SMARTS) is 1. The molecule has 51 heavy (non-hydrogen) atoms. The quantitative estimate of drug-likeness (QED) is 0.0788. The maximum atomic E-state index is 13.9. The number of carboxylic acids is 1. The summed E-state index contributed by atoms with van der Waals surface area (Å²) in [6.07, 6.45) is -6.51. The van der Waals surface area contributed by atoms with E-state index in [4.69, 9.17) is 11.5 Å². The second-order valence-electron chi connectivity index (χ2n) is 12.5. The summed E-state index contributed by atoms with van der Waals surface area (Å²) in [5.74, 6) is -3.40. The summed E-state index contributed by atoms with van der Waals surface area (Å²) in [6, 6.07) is 4.11. The van der Waals surface area contributed by atoms with Gasteiger partial charge in [-0.1, -0.05) is 12.1 Å². The number of rotatable bonds is 15. The molecule has 0 spiro atoms. The smallest absolute Gasteiger partial charge is 0.451 e. The zero-order valence-corrected chi connectivity index (χ0v) is 27.6. The van der Waals surface area contributed by atoms with Crippen molar-refractivity contribution in [1.29, 1.82) is 0 Å². The van der Waals surface area contributed by atoms with Crippen molar-refractivity contribution in [1.82, 2.24) is 20.6 Å². The van der Waals surface area contributed by atoms with E-state index >= 15 is 0 Å². The molecular formula is C32H41F6N9O4. The van der Waals surface area contributed by atoms with Crippen LogP contribution in [0.3, 0.4) is 0 Å². The normalized spacial score (nSPS) is 17.3. The van der Waals surface area contributed by atoms with Gasteiger partial charge in [-0.15, -0.1) is 0 Å². The van der Waals surface area contributed by atoms with Gasteiger partial charge in [0.05, 0.1) is 5.56 Å². The number of carbonyl (C=O) groups is 3. The van der Waals surface area contributed by atoms with Crippen LogP contribution in [-0.4, -0.2) is 83.6 Å². The van der Waals surface area contributed by atoms with E-state index in [0.29, 0.717) is 50.8 Å². The molecule has 7 N–H and O–H groups in total. The second kappa shape index (κ2) is 16.9. The molecule has 4 rings (SSSR count). The first kappa shape index (κ1) is 39.0. The molecule has 13 nitrogen and oxygen atoms in total. The van der Waals surface area contributed by atoms with E-state index in [1.165, 1.54) is 23.1 Å². The molecule has 2 atom stereocenters. The highest BCUT2D eigenvalue weighted by atomic mass is 19.4. The molecule has 2 amide bonds. The van der Waals surface area contributed by atoms with Crippen LogP contribution in [0.2, 0.25) is 0 Å². The van der Waals surface area contributed by atoms with Gasteiger partial charge in [0, 0.05) is 45.2 Å². The third-order valence-corrected chi connectivity index (χ3v) is 8.86. The lowest BCUT2D eigenvalue weighted by molar-refractivity contribution is -0.145. The van der Waals surface area contributed by atoms with Crippen LogP contribution < -0.4 is 31.9 Å². The average Bonchev–Trinajstić information content (AvgIpc) is 3.04. The summed E-state index contributed by atoms with van der Waals surface area (Å²) in [7, 11) is 0. The zero-order chi connectivity index (χ0) is 37.3. The lowest BCUT2D eigenvalue weighted by atomic mass is 9.92. The van der Waals surface area contributed by atoms with Gasteiger partial charge in [0.25, 0.3) is 0 Å². The van der Waals surface area contributed by atoms with E-state index in [-0.39, 0.29) is 62.4 Å². The van der Waals surface area contributed by atoms with E-state index in [2.05, 4.69) is 25.6 Å². The van der Waals surface area contributed by atoms with E-state index in [1.54, 1.807) is 4.90 Å². The van der Waals surface area contributed by atoms with Gasteiger partial charge in [-0.05, 0) is 68.6 Å². The summed E-state index contributed by atoms with van der Waals surface area (Å²) in [6.45, 7) is 1.35. The third kappa shape index (κ3) is 11.3. The van der Waals surface area contributed by atoms with Gasteiger partial charge in [-0.2, -0.15) is 26.3 Å². The predicted octanol–water partition coefficient (Wildman–Crippen LogP) is 3.07. The standard InChI is InChI=1S/C32H41F6N9O4/c33-31(34,35)21-6-3-19(4-7-21)9-14-41-27(49)23-12-17-47(23)25-18-24(44-29(45-25)32(36,37)38)46-15-10-20(11-16-46)5-8-26(48)43-22(28(50)51)2-1-13-42-30(39)40/h3-4,6-7,18,20,22-23H,1-2,5,8-17H2,(H,41,49)(H,43,48)(H,50,51)(H4,39,40,42)/t22-,23-/m0/s1. The fourth-order valence-electron chi connectivity index (χ4n) is 5.91. The Hall–Kier alpha value is -4.84. The lowest BCUT2D eigenvalue weighted by Gasteiger charge is -2.41. The number of nitrogens with zero attached hydrogens (tertiary/aromatic N) is 5. The van der Waals surface area contributed by atoms with Crippen molar-refractivity contribution in [2.75, 3.05) is 42.5 Å². The molecular weight excluding hydrogens is 688 g/mol. The molecule has 2 fully saturated rings. The minimum Gasteiger partial charge on any atom is -0.480 e. The molecule has 2 aliphatic heterocycles. The molecule has 0 aliphatic carbocycles. The third-order valence-electron chi connectivity index (χ3n) is 8.86. The molecule has 1 aromatic carbocycles. The molecule has 0 saturated carbocycles. The number of guanidine groups is 1. The Morgan fingerprint density at radius 2 is 1.63 bits per heavy atom. The highest BCUT2D eigenvalue weighted by Crippen LogP contribution is 2.35. The Morgan fingerprint density at radius 3 is 2.20 bits per heavy atom. The number of benzene rings is 1. The molecule has 1 aromatic heterocycles. The zero-order valence-electron chi connectivity index (χ0n) is 27.6. The van der Waals surface area contributed by atoms with Crippen LogP contribution in [0, 0.1) is 5.92 Å². The van der Waals surface area contributed by atoms with Gasteiger partial charge < -0.3 is 37.0 Å². The number of nitrogens with one attached hydrogen (secondary N) is 2. The fourth-order valence-corrected chi connectivity index (χ4v) is 5.91. The summed E-state index contributed by atoms with van der Waals surface area (Å²) in [4.78, 5) is 51.4. The highest BCUT2D eigenvalue weighted by Gasteiger charge is 2.40. The number of aliphatic imine (C=N–C) groups is 1. The monoisotopic (exact) mass is 729 g/mol. The molecule has 2 saturated heterocycles. The van der Waals surface area contributed by atoms with Crippen LogP contribution in [-0.2, 0) is 33.2 Å². The van der Waals surface area contributed by atoms with E-state index in [0.717, 1.165) is 12.1 Å². The maximum absolute atomic E-state index is 13.9. The van der Waals surface area contributed by atoms with Crippen molar-refractivity contribution in [2.24, 2.45) is 22.4 Å². The van der Waals surface area contributed by atoms with Gasteiger partial charge in [0.2, 0.25) is 17.6 Å². The molecule has 0 unspecified atom stereocenters. The van der Waals surface area contributed by atoms with Crippen molar-refractivity contribution in [2.45, 2.75) is 75.8 Å². The van der Waals surface area contributed by atoms with Crippen LogP contribution in [0.4, 0.5) is 38.0 Å². The SMILES string of the molecule is NC(N)=NCCC[C@H](NC(=O)CCC1CCN(c2cc(N3CC[C@H]3C(=O)NCCc3ccc(C(F)(F)F)cc3)nc(C(F)(F)F)n2)CC1)C(=O)O. The number of hydrogen-bond donors (Lipinski definition) is 5. The van der Waals surface area contributed by atoms with Crippen molar-refractivity contribution in [3.63, 3.8) is 0 Å². The van der Waals surface area contributed by atoms with Gasteiger partial charge in [0.1, 0.15) is 23.7 Å². The maximum Gasteiger partial charge on any atom is 0.451 e. The Balaban J connectivity index is 1.30. The van der Waals surface area contributed by atoms with Crippen LogP contribution >= 0.6 is 0 Å².